The van der Waals surface area contributed by atoms with Crippen molar-refractivity contribution < 1.29 is 20.4 Å². The van der Waals surface area contributed by atoms with Crippen LogP contribution in [0.1, 0.15) is 13.3 Å². The zero-order chi connectivity index (χ0) is 7.49. The largest absolute Gasteiger partial charge is 0.384 e. The Hall–Kier alpha value is -0.160. The van der Waals surface area contributed by atoms with Crippen LogP contribution < -0.4 is 0 Å². The molecule has 0 saturated heterocycles. The molecule has 1 atom stereocenters. The van der Waals surface area contributed by atoms with E-state index < -0.39 is 18.5 Å². The van der Waals surface area contributed by atoms with Gasteiger partial charge in [0.15, 0.2) is 0 Å². The van der Waals surface area contributed by atoms with Gasteiger partial charge in [0.1, 0.15) is 5.60 Å². The van der Waals surface area contributed by atoms with Gasteiger partial charge >= 0.3 is 0 Å². The highest BCUT2D eigenvalue weighted by Crippen LogP contribution is 2.16. The average Bonchev–Trinajstić information content (AvgIpc) is 1.65. The molecule has 4 nitrogen and oxygen atoms in total. The van der Waals surface area contributed by atoms with Crippen LogP contribution in [0.5, 0.6) is 0 Å². The van der Waals surface area contributed by atoms with Crippen molar-refractivity contribution in [2.75, 3.05) is 6.61 Å². The van der Waals surface area contributed by atoms with Gasteiger partial charge in [-0.2, -0.15) is 0 Å². The molecular weight excluding hydrogens is 124 g/mol. The molecule has 0 spiro atoms. The van der Waals surface area contributed by atoms with Crippen molar-refractivity contribution in [2.45, 2.75) is 18.9 Å². The van der Waals surface area contributed by atoms with E-state index in [-0.39, 0.29) is 6.42 Å². The lowest BCUT2D eigenvalue weighted by Gasteiger charge is -2.21. The maximum absolute atomic E-state index is 9.85. The van der Waals surface area contributed by atoms with Crippen LogP contribution in [0.15, 0.2) is 0 Å². The molecule has 4 heteroatoms. The van der Waals surface area contributed by atoms with E-state index in [9.17, 15) is 5.11 Å². The average molecular weight is 134 g/mol. The third kappa shape index (κ3) is 2.76. The van der Waals surface area contributed by atoms with Gasteiger partial charge in [0.25, 0.3) is 6.29 Å². The molecule has 0 heterocycles. The molecule has 0 aromatic heterocycles. The normalized spacial score (nSPS) is 18.0. The first-order chi connectivity index (χ1) is 4.00. The van der Waals surface area contributed by atoms with Crippen molar-refractivity contribution >= 4 is 0 Å². The van der Waals surface area contributed by atoms with Crippen molar-refractivity contribution in [1.82, 2.24) is 0 Å². The molecule has 2 radical (unpaired) electrons. The van der Waals surface area contributed by atoms with Crippen LogP contribution >= 0.6 is 0 Å². The predicted molar refractivity (Wildman–Crippen MR) is 27.9 cm³/mol. The smallest absolute Gasteiger partial charge is 0.251 e. The molecule has 0 aromatic carbocycles. The minimum Gasteiger partial charge on any atom is -0.384 e. The number of hydrogen-bond donors (Lipinski definition) is 3. The molecule has 9 heavy (non-hydrogen) atoms. The summed E-state index contributed by atoms with van der Waals surface area (Å²) < 4.78 is 0. The highest BCUT2D eigenvalue weighted by Gasteiger charge is 2.29. The second-order valence-corrected chi connectivity index (χ2v) is 2.05. The molecule has 0 amide bonds. The first kappa shape index (κ1) is 8.84. The minimum absolute atomic E-state index is 0.185. The van der Waals surface area contributed by atoms with Crippen LogP contribution in [0.4, 0.5) is 0 Å². The summed E-state index contributed by atoms with van der Waals surface area (Å²) in [5.74, 6) is 0. The summed E-state index contributed by atoms with van der Waals surface area (Å²) in [5.41, 5.74) is -1.73. The molecular formula is C5H10O4. The Morgan fingerprint density at radius 3 is 2.11 bits per heavy atom. The molecule has 3 N–H and O–H groups in total. The van der Waals surface area contributed by atoms with E-state index in [4.69, 9.17) is 15.3 Å². The van der Waals surface area contributed by atoms with Gasteiger partial charge in [-0.15, -0.1) is 0 Å². The Kier molecular flexibility index (Phi) is 3.07. The van der Waals surface area contributed by atoms with Gasteiger partial charge in [0.05, 0.1) is 6.61 Å². The van der Waals surface area contributed by atoms with E-state index in [0.29, 0.717) is 0 Å². The van der Waals surface area contributed by atoms with Crippen LogP contribution in [0.2, 0.25) is 0 Å². The Morgan fingerprint density at radius 2 is 2.00 bits per heavy atom. The Labute approximate surface area is 53.4 Å². The fourth-order valence-electron chi connectivity index (χ4n) is 0.311. The summed E-state index contributed by atoms with van der Waals surface area (Å²) in [6, 6.07) is 0. The van der Waals surface area contributed by atoms with Gasteiger partial charge in [0, 0.05) is 6.42 Å². The lowest BCUT2D eigenvalue weighted by atomic mass is 10.0. The summed E-state index contributed by atoms with van der Waals surface area (Å²) in [6.07, 6.45) is -1.28. The number of hydrogen-bond acceptors (Lipinski definition) is 3. The van der Waals surface area contributed by atoms with Crippen LogP contribution in [0.25, 0.3) is 0 Å². The Bertz CT molecular complexity index is 79.0. The van der Waals surface area contributed by atoms with E-state index in [0.717, 1.165) is 0 Å². The maximum Gasteiger partial charge on any atom is 0.251 e. The van der Waals surface area contributed by atoms with Crippen LogP contribution in [-0.4, -0.2) is 27.5 Å². The van der Waals surface area contributed by atoms with E-state index in [1.54, 1.807) is 0 Å². The molecule has 0 fully saturated rings. The molecule has 0 bridgehead atoms. The Balaban J connectivity index is 3.70. The molecule has 0 saturated carbocycles. The van der Waals surface area contributed by atoms with Crippen molar-refractivity contribution in [3.05, 3.63) is 6.29 Å². The topological polar surface area (TPSA) is 80.6 Å². The SMILES string of the molecule is CC(O)(CC[O])[C](O)O. The monoisotopic (exact) mass is 134 g/mol. The zero-order valence-electron chi connectivity index (χ0n) is 5.16. The van der Waals surface area contributed by atoms with Crippen molar-refractivity contribution in [1.29, 1.82) is 0 Å². The first-order valence-electron chi connectivity index (χ1n) is 2.56. The summed E-state index contributed by atoms with van der Waals surface area (Å²) >= 11 is 0. The summed E-state index contributed by atoms with van der Waals surface area (Å²) in [4.78, 5) is 0. The predicted octanol–water partition coefficient (Wildman–Crippen LogP) is -0.208. The number of aliphatic hydroxyl groups excluding tert-OH is 1. The fraction of sp³-hybridized carbons (Fsp3) is 0.800. The van der Waals surface area contributed by atoms with E-state index in [2.05, 4.69) is 0 Å². The first-order valence-corrected chi connectivity index (χ1v) is 2.56. The standard InChI is InChI=1S/C5H10O4/c1-5(9,2-3-6)4(7)8/h7-9H,2-3H2,1H3. The quantitative estimate of drug-likeness (QED) is 0.499. The molecule has 54 valence electrons. The van der Waals surface area contributed by atoms with Crippen LogP contribution in [-0.2, 0) is 5.11 Å². The maximum atomic E-state index is 9.85. The minimum atomic E-state index is -1.73. The molecule has 0 aromatic rings. The summed E-state index contributed by atoms with van der Waals surface area (Å²) in [7, 11) is 0. The van der Waals surface area contributed by atoms with Crippen molar-refractivity contribution in [3.8, 4) is 0 Å². The zero-order valence-corrected chi connectivity index (χ0v) is 5.16. The third-order valence-corrected chi connectivity index (χ3v) is 1.07. The second kappa shape index (κ2) is 3.12. The van der Waals surface area contributed by atoms with E-state index >= 15 is 0 Å². The molecule has 1 unspecified atom stereocenters. The second-order valence-electron chi connectivity index (χ2n) is 2.05. The Morgan fingerprint density at radius 1 is 1.56 bits per heavy atom. The van der Waals surface area contributed by atoms with Crippen molar-refractivity contribution in [2.24, 2.45) is 0 Å². The lowest BCUT2D eigenvalue weighted by molar-refractivity contribution is -0.0977. The lowest BCUT2D eigenvalue weighted by Crippen LogP contribution is -2.33. The molecule has 0 aliphatic carbocycles. The highest BCUT2D eigenvalue weighted by molar-refractivity contribution is 4.86. The molecule has 0 rings (SSSR count). The molecule has 0 aliphatic heterocycles. The van der Waals surface area contributed by atoms with Gasteiger partial charge < -0.3 is 15.3 Å². The van der Waals surface area contributed by atoms with Gasteiger partial charge in [0.2, 0.25) is 0 Å². The number of rotatable bonds is 3. The van der Waals surface area contributed by atoms with Crippen LogP contribution in [0, 0.1) is 6.29 Å². The molecule has 0 aliphatic rings. The van der Waals surface area contributed by atoms with E-state index in [1.165, 1.54) is 6.92 Å². The summed E-state index contributed by atoms with van der Waals surface area (Å²) in [6.45, 7) is 0.637. The fourth-order valence-corrected chi connectivity index (χ4v) is 0.311. The third-order valence-electron chi connectivity index (χ3n) is 1.07. The van der Waals surface area contributed by atoms with Gasteiger partial charge in [-0.25, -0.2) is 5.11 Å². The van der Waals surface area contributed by atoms with Gasteiger partial charge in [-0.3, -0.25) is 0 Å². The highest BCUT2D eigenvalue weighted by atomic mass is 16.5. The van der Waals surface area contributed by atoms with Crippen LogP contribution in [0.3, 0.4) is 0 Å². The van der Waals surface area contributed by atoms with Gasteiger partial charge in [-0.1, -0.05) is 0 Å². The summed E-state index contributed by atoms with van der Waals surface area (Å²) in [5, 5.41) is 35.3. The van der Waals surface area contributed by atoms with Crippen molar-refractivity contribution in [3.63, 3.8) is 0 Å². The van der Waals surface area contributed by atoms with Gasteiger partial charge in [-0.05, 0) is 6.92 Å². The number of aliphatic hydroxyl groups is 3. The van der Waals surface area contributed by atoms with E-state index in [1.807, 2.05) is 0 Å².